The van der Waals surface area contributed by atoms with Crippen LogP contribution < -0.4 is 5.32 Å². The van der Waals surface area contributed by atoms with Gasteiger partial charge in [-0.05, 0) is 42.2 Å². The third-order valence-electron chi connectivity index (χ3n) is 4.72. The molecule has 0 spiro atoms. The van der Waals surface area contributed by atoms with Gasteiger partial charge in [0.05, 0.1) is 6.04 Å². The molecule has 114 valence electrons. The SMILES string of the molecule is CCc1ccc(C2NC(C(C)C)C(=O)N2CC2CC2)cc1. The number of amides is 1. The highest BCUT2D eigenvalue weighted by atomic mass is 16.2. The van der Waals surface area contributed by atoms with Gasteiger partial charge in [0.25, 0.3) is 0 Å². The van der Waals surface area contributed by atoms with Gasteiger partial charge in [0.1, 0.15) is 6.17 Å². The summed E-state index contributed by atoms with van der Waals surface area (Å²) in [5.74, 6) is 1.33. The Labute approximate surface area is 127 Å². The average Bonchev–Trinajstić information content (AvgIpc) is 3.24. The van der Waals surface area contributed by atoms with Gasteiger partial charge in [0.2, 0.25) is 5.91 Å². The molecule has 1 heterocycles. The van der Waals surface area contributed by atoms with Crippen LogP contribution in [0.3, 0.4) is 0 Å². The van der Waals surface area contributed by atoms with E-state index < -0.39 is 0 Å². The van der Waals surface area contributed by atoms with Crippen molar-refractivity contribution in [3.63, 3.8) is 0 Å². The van der Waals surface area contributed by atoms with Gasteiger partial charge in [-0.15, -0.1) is 0 Å². The van der Waals surface area contributed by atoms with E-state index in [9.17, 15) is 4.79 Å². The Morgan fingerprint density at radius 3 is 2.43 bits per heavy atom. The maximum atomic E-state index is 12.7. The average molecular weight is 286 g/mol. The molecule has 1 N–H and O–H groups in total. The molecule has 3 nitrogen and oxygen atoms in total. The summed E-state index contributed by atoms with van der Waals surface area (Å²) in [7, 11) is 0. The van der Waals surface area contributed by atoms with E-state index in [2.05, 4.69) is 55.3 Å². The molecule has 2 unspecified atom stereocenters. The number of benzene rings is 1. The molecular formula is C18H26N2O. The molecule has 1 aromatic rings. The number of nitrogens with one attached hydrogen (secondary N) is 1. The van der Waals surface area contributed by atoms with Crippen LogP contribution in [0.4, 0.5) is 0 Å². The minimum absolute atomic E-state index is 0.0420. The van der Waals surface area contributed by atoms with Crippen LogP contribution in [-0.2, 0) is 11.2 Å². The Morgan fingerprint density at radius 1 is 1.24 bits per heavy atom. The van der Waals surface area contributed by atoms with Gasteiger partial charge in [-0.2, -0.15) is 0 Å². The fraction of sp³-hybridized carbons (Fsp3) is 0.611. The van der Waals surface area contributed by atoms with Crippen molar-refractivity contribution in [2.45, 2.75) is 52.2 Å². The van der Waals surface area contributed by atoms with Crippen LogP contribution in [0.25, 0.3) is 0 Å². The van der Waals surface area contributed by atoms with Crippen LogP contribution in [0.5, 0.6) is 0 Å². The molecule has 1 aliphatic heterocycles. The van der Waals surface area contributed by atoms with Crippen LogP contribution in [0.15, 0.2) is 24.3 Å². The van der Waals surface area contributed by atoms with Crippen LogP contribution in [0.2, 0.25) is 0 Å². The molecule has 0 radical (unpaired) electrons. The highest BCUT2D eigenvalue weighted by Gasteiger charge is 2.42. The van der Waals surface area contributed by atoms with E-state index in [1.54, 1.807) is 0 Å². The van der Waals surface area contributed by atoms with Crippen LogP contribution >= 0.6 is 0 Å². The molecule has 1 amide bonds. The fourth-order valence-electron chi connectivity index (χ4n) is 3.10. The van der Waals surface area contributed by atoms with Crippen molar-refractivity contribution >= 4 is 5.91 Å². The highest BCUT2D eigenvalue weighted by Crippen LogP contribution is 2.35. The summed E-state index contributed by atoms with van der Waals surface area (Å²) in [4.78, 5) is 14.8. The van der Waals surface area contributed by atoms with Crippen molar-refractivity contribution in [3.05, 3.63) is 35.4 Å². The maximum absolute atomic E-state index is 12.7. The minimum Gasteiger partial charge on any atom is -0.321 e. The standard InChI is InChI=1S/C18H26N2O/c1-4-13-7-9-15(10-8-13)17-19-16(12(2)3)18(21)20(17)11-14-5-6-14/h7-10,12,14,16-17,19H,4-6,11H2,1-3H3. The van der Waals surface area contributed by atoms with Crippen molar-refractivity contribution < 1.29 is 4.79 Å². The lowest BCUT2D eigenvalue weighted by Gasteiger charge is -2.24. The van der Waals surface area contributed by atoms with Crippen molar-refractivity contribution in [2.75, 3.05) is 6.54 Å². The molecular weight excluding hydrogens is 260 g/mol. The summed E-state index contributed by atoms with van der Waals surface area (Å²) in [6, 6.07) is 8.66. The first-order valence-corrected chi connectivity index (χ1v) is 8.25. The van der Waals surface area contributed by atoms with Crippen molar-refractivity contribution in [3.8, 4) is 0 Å². The van der Waals surface area contributed by atoms with Crippen LogP contribution in [-0.4, -0.2) is 23.4 Å². The quantitative estimate of drug-likeness (QED) is 0.902. The Kier molecular flexibility index (Phi) is 4.03. The summed E-state index contributed by atoms with van der Waals surface area (Å²) in [6.07, 6.45) is 3.66. The first kappa shape index (κ1) is 14.6. The summed E-state index contributed by atoms with van der Waals surface area (Å²) in [5, 5.41) is 3.55. The number of nitrogens with zero attached hydrogens (tertiary/aromatic N) is 1. The van der Waals surface area contributed by atoms with E-state index in [-0.39, 0.29) is 18.1 Å². The summed E-state index contributed by atoms with van der Waals surface area (Å²) in [6.45, 7) is 7.32. The van der Waals surface area contributed by atoms with Gasteiger partial charge in [0, 0.05) is 6.54 Å². The first-order valence-electron chi connectivity index (χ1n) is 8.25. The van der Waals surface area contributed by atoms with Crippen LogP contribution in [0, 0.1) is 11.8 Å². The number of carbonyl (C=O) groups is 1. The molecule has 1 saturated carbocycles. The van der Waals surface area contributed by atoms with Crippen molar-refractivity contribution in [1.29, 1.82) is 0 Å². The molecule has 1 aromatic carbocycles. The Bertz CT molecular complexity index is 504. The summed E-state index contributed by atoms with van der Waals surface area (Å²) >= 11 is 0. The van der Waals surface area contributed by atoms with Crippen LogP contribution in [0.1, 0.15) is 50.9 Å². The normalized spacial score (nSPS) is 25.9. The minimum atomic E-state index is -0.0420. The van der Waals surface area contributed by atoms with Gasteiger partial charge in [-0.1, -0.05) is 45.0 Å². The number of rotatable bonds is 5. The molecule has 3 rings (SSSR count). The number of hydrogen-bond donors (Lipinski definition) is 1. The largest absolute Gasteiger partial charge is 0.321 e. The third kappa shape index (κ3) is 2.98. The van der Waals surface area contributed by atoms with Gasteiger partial charge < -0.3 is 4.90 Å². The molecule has 0 bridgehead atoms. The number of carbonyl (C=O) groups excluding carboxylic acids is 1. The van der Waals surface area contributed by atoms with E-state index >= 15 is 0 Å². The third-order valence-corrected chi connectivity index (χ3v) is 4.72. The highest BCUT2D eigenvalue weighted by molar-refractivity contribution is 5.85. The Morgan fingerprint density at radius 2 is 1.90 bits per heavy atom. The Hall–Kier alpha value is -1.35. The Balaban J connectivity index is 1.83. The smallest absolute Gasteiger partial charge is 0.241 e. The van der Waals surface area contributed by atoms with E-state index in [4.69, 9.17) is 0 Å². The van der Waals surface area contributed by atoms with Gasteiger partial charge >= 0.3 is 0 Å². The second-order valence-electron chi connectivity index (χ2n) is 6.82. The molecule has 2 fully saturated rings. The van der Waals surface area contributed by atoms with Crippen molar-refractivity contribution in [1.82, 2.24) is 10.2 Å². The zero-order valence-electron chi connectivity index (χ0n) is 13.3. The predicted octanol–water partition coefficient (Wildman–Crippen LogP) is 3.11. The molecule has 21 heavy (non-hydrogen) atoms. The first-order chi connectivity index (χ1) is 10.1. The summed E-state index contributed by atoms with van der Waals surface area (Å²) < 4.78 is 0. The molecule has 1 saturated heterocycles. The predicted molar refractivity (Wildman–Crippen MR) is 84.8 cm³/mol. The molecule has 2 atom stereocenters. The summed E-state index contributed by atoms with van der Waals surface area (Å²) in [5.41, 5.74) is 2.56. The molecule has 2 aliphatic rings. The lowest BCUT2D eigenvalue weighted by Crippen LogP contribution is -2.35. The zero-order chi connectivity index (χ0) is 15.0. The second kappa shape index (κ2) is 5.80. The second-order valence-corrected chi connectivity index (χ2v) is 6.82. The fourth-order valence-corrected chi connectivity index (χ4v) is 3.10. The maximum Gasteiger partial charge on any atom is 0.241 e. The van der Waals surface area contributed by atoms with E-state index in [0.717, 1.165) is 18.9 Å². The van der Waals surface area contributed by atoms with Gasteiger partial charge in [0.15, 0.2) is 0 Å². The lowest BCUT2D eigenvalue weighted by atomic mass is 10.0. The number of aryl methyl sites for hydroxylation is 1. The zero-order valence-corrected chi connectivity index (χ0v) is 13.3. The number of hydrogen-bond acceptors (Lipinski definition) is 2. The molecule has 3 heteroatoms. The molecule has 1 aliphatic carbocycles. The molecule has 0 aromatic heterocycles. The monoisotopic (exact) mass is 286 g/mol. The van der Waals surface area contributed by atoms with E-state index in [1.165, 1.54) is 24.0 Å². The van der Waals surface area contributed by atoms with E-state index in [0.29, 0.717) is 5.92 Å². The van der Waals surface area contributed by atoms with E-state index in [1.807, 2.05) is 0 Å². The van der Waals surface area contributed by atoms with Gasteiger partial charge in [-0.3, -0.25) is 10.1 Å². The van der Waals surface area contributed by atoms with Crippen molar-refractivity contribution in [2.24, 2.45) is 11.8 Å². The topological polar surface area (TPSA) is 32.3 Å². The lowest BCUT2D eigenvalue weighted by molar-refractivity contribution is -0.131. The van der Waals surface area contributed by atoms with Gasteiger partial charge in [-0.25, -0.2) is 0 Å².